The molecule has 0 fully saturated rings. The van der Waals surface area contributed by atoms with E-state index in [4.69, 9.17) is 21.1 Å². The fourth-order valence-electron chi connectivity index (χ4n) is 4.48. The lowest BCUT2D eigenvalue weighted by Gasteiger charge is -2.21. The second kappa shape index (κ2) is 13.2. The number of aromatic nitrogens is 4. The van der Waals surface area contributed by atoms with Crippen LogP contribution in [0.1, 0.15) is 41.1 Å². The molecule has 0 aliphatic heterocycles. The van der Waals surface area contributed by atoms with Gasteiger partial charge in [-0.05, 0) is 35.9 Å². The molecular weight excluding hydrogens is 589 g/mol. The van der Waals surface area contributed by atoms with E-state index in [1.165, 1.54) is 42.3 Å². The zero-order valence-corrected chi connectivity index (χ0v) is 24.3. The molecule has 0 amide bonds. The minimum atomic E-state index is -4.59. The molecule has 3 aromatic heterocycles. The maximum atomic E-state index is 13.7. The first-order valence-electron chi connectivity index (χ1n) is 13.2. The van der Waals surface area contributed by atoms with Crippen molar-refractivity contribution in [3.05, 3.63) is 93.4 Å². The maximum absolute atomic E-state index is 13.7. The first-order valence-corrected chi connectivity index (χ1v) is 13.5. The number of pyridine rings is 2. The first-order chi connectivity index (χ1) is 20.4. The van der Waals surface area contributed by atoms with E-state index in [9.17, 15) is 27.6 Å². The molecule has 0 spiro atoms. The molecule has 0 bridgehead atoms. The summed E-state index contributed by atoms with van der Waals surface area (Å²) in [5.74, 6) is -0.523. The van der Waals surface area contributed by atoms with Crippen LogP contribution >= 0.6 is 11.6 Å². The second-order valence-corrected chi connectivity index (χ2v) is 10.2. The van der Waals surface area contributed by atoms with Crippen LogP contribution in [0.5, 0.6) is 11.5 Å². The van der Waals surface area contributed by atoms with Gasteiger partial charge in [-0.3, -0.25) is 24.0 Å². The van der Waals surface area contributed by atoms with Crippen LogP contribution in [0.3, 0.4) is 0 Å². The Bertz CT molecular complexity index is 1680. The summed E-state index contributed by atoms with van der Waals surface area (Å²) < 4.78 is 52.0. The molecule has 0 aliphatic rings. The normalized spacial score (nSPS) is 12.2. The number of carbonyl (C=O) groups is 2. The van der Waals surface area contributed by atoms with Crippen LogP contribution < -0.4 is 15.0 Å². The van der Waals surface area contributed by atoms with Gasteiger partial charge in [0.25, 0.3) is 5.56 Å². The highest BCUT2D eigenvalue weighted by molar-refractivity contribution is 6.31. The Morgan fingerprint density at radius 1 is 1.07 bits per heavy atom. The van der Waals surface area contributed by atoms with Gasteiger partial charge in [-0.1, -0.05) is 24.6 Å². The fourth-order valence-corrected chi connectivity index (χ4v) is 4.65. The smallest absolute Gasteiger partial charge is 0.422 e. The highest BCUT2D eigenvalue weighted by Crippen LogP contribution is 2.38. The van der Waals surface area contributed by atoms with E-state index >= 15 is 0 Å². The predicted octanol–water partition coefficient (Wildman–Crippen LogP) is 5.44. The number of carbonyl (C=O) groups excluding carboxylic acids is 2. The molecule has 1 atom stereocenters. The summed E-state index contributed by atoms with van der Waals surface area (Å²) >= 11 is 6.14. The molecule has 226 valence electrons. The summed E-state index contributed by atoms with van der Waals surface area (Å²) in [5, 5.41) is 4.55. The summed E-state index contributed by atoms with van der Waals surface area (Å²) in [6.07, 6.45) is 0.169. The average molecular weight is 617 g/mol. The third-order valence-corrected chi connectivity index (χ3v) is 6.81. The summed E-state index contributed by atoms with van der Waals surface area (Å²) in [4.78, 5) is 43.4. The van der Waals surface area contributed by atoms with Gasteiger partial charge in [0.2, 0.25) is 0 Å². The lowest BCUT2D eigenvalue weighted by Crippen LogP contribution is -2.32. The summed E-state index contributed by atoms with van der Waals surface area (Å²) in [6, 6.07) is 9.06. The van der Waals surface area contributed by atoms with Crippen LogP contribution in [0.25, 0.3) is 11.1 Å². The predicted molar refractivity (Wildman–Crippen MR) is 153 cm³/mol. The Morgan fingerprint density at radius 3 is 2.42 bits per heavy atom. The number of ether oxygens (including phenoxy) is 2. The lowest BCUT2D eigenvalue weighted by molar-refractivity contribution is -0.153. The molecule has 13 heteroatoms. The Labute approximate surface area is 249 Å². The van der Waals surface area contributed by atoms with Gasteiger partial charge in [0.15, 0.2) is 18.2 Å². The van der Waals surface area contributed by atoms with Crippen LogP contribution in [0.2, 0.25) is 5.02 Å². The number of benzene rings is 1. The lowest BCUT2D eigenvalue weighted by atomic mass is 9.99. The van der Waals surface area contributed by atoms with Gasteiger partial charge in [0.1, 0.15) is 23.2 Å². The number of nitrogens with zero attached hydrogens (tertiary/aromatic N) is 4. The third kappa shape index (κ3) is 7.89. The average Bonchev–Trinajstić information content (AvgIpc) is 3.39. The zero-order valence-electron chi connectivity index (χ0n) is 23.5. The molecule has 1 unspecified atom stereocenters. The fraction of sp³-hybridized carbons (Fsp3) is 0.300. The summed E-state index contributed by atoms with van der Waals surface area (Å²) in [5.41, 5.74) is 1.01. The van der Waals surface area contributed by atoms with E-state index in [1.807, 2.05) is 0 Å². The van der Waals surface area contributed by atoms with E-state index in [2.05, 4.69) is 10.1 Å². The molecule has 4 rings (SSSR count). The van der Waals surface area contributed by atoms with Crippen molar-refractivity contribution in [3.8, 4) is 22.6 Å². The molecule has 0 aliphatic carbocycles. The molecule has 0 radical (unpaired) electrons. The highest BCUT2D eigenvalue weighted by atomic mass is 35.5. The van der Waals surface area contributed by atoms with Gasteiger partial charge in [-0.25, -0.2) is 0 Å². The number of aryl methyl sites for hydroxylation is 1. The quantitative estimate of drug-likeness (QED) is 0.195. The Hall–Kier alpha value is -4.45. The van der Waals surface area contributed by atoms with Crippen molar-refractivity contribution < 1.29 is 32.2 Å². The number of halogens is 4. The van der Waals surface area contributed by atoms with Crippen molar-refractivity contribution in [2.45, 2.75) is 38.4 Å². The zero-order chi connectivity index (χ0) is 31.3. The van der Waals surface area contributed by atoms with E-state index in [-0.39, 0.29) is 52.1 Å². The van der Waals surface area contributed by atoms with Crippen LogP contribution in [0.4, 0.5) is 13.2 Å². The summed E-state index contributed by atoms with van der Waals surface area (Å²) in [6.45, 7) is 0.174. The minimum absolute atomic E-state index is 0.0685. The number of alkyl halides is 3. The molecule has 43 heavy (non-hydrogen) atoms. The third-order valence-electron chi connectivity index (χ3n) is 6.58. The summed E-state index contributed by atoms with van der Waals surface area (Å²) in [7, 11) is 3.05. The van der Waals surface area contributed by atoms with Crippen molar-refractivity contribution in [1.29, 1.82) is 0 Å². The second-order valence-electron chi connectivity index (χ2n) is 9.72. The molecular formula is C30H28ClF3N4O5. The standard InChI is InChI=1S/C30H28ClF3N4O5/c1-4-25(39)23-7-5-18(15-35-23)11-26(40)24(13-20-9-10-37(2)36-20)38-16-28(42-3)22(14-29(38)41)21-12-19(31)6-8-27(21)43-17-30(32,33)34/h5-10,12,14-16,24H,4,11,13,17H2,1-3H3. The SMILES string of the molecule is CCC(=O)c1ccc(CC(=O)C(Cc2ccn(C)n2)n2cc(OC)c(-c3cc(Cl)ccc3OCC(F)(F)F)cc2=O)cn1. The van der Waals surface area contributed by atoms with Crippen molar-refractivity contribution in [2.75, 3.05) is 13.7 Å². The van der Waals surface area contributed by atoms with Gasteiger partial charge in [0, 0.05) is 60.9 Å². The maximum Gasteiger partial charge on any atom is 0.422 e. The van der Waals surface area contributed by atoms with Gasteiger partial charge in [0.05, 0.1) is 19.0 Å². The van der Waals surface area contributed by atoms with Crippen LogP contribution in [-0.2, 0) is 24.7 Å². The monoisotopic (exact) mass is 616 g/mol. The van der Waals surface area contributed by atoms with Crippen LogP contribution in [-0.4, -0.2) is 50.8 Å². The van der Waals surface area contributed by atoms with E-state index < -0.39 is 24.4 Å². The molecule has 9 nitrogen and oxygen atoms in total. The Balaban J connectivity index is 1.75. The van der Waals surface area contributed by atoms with Gasteiger partial charge >= 0.3 is 6.18 Å². The molecule has 3 heterocycles. The van der Waals surface area contributed by atoms with Crippen LogP contribution in [0, 0.1) is 0 Å². The van der Waals surface area contributed by atoms with Gasteiger partial charge < -0.3 is 14.0 Å². The Kier molecular flexibility index (Phi) is 9.70. The topological polar surface area (TPSA) is 105 Å². The van der Waals surface area contributed by atoms with Crippen LogP contribution in [0.15, 0.2) is 65.8 Å². The largest absolute Gasteiger partial charge is 0.495 e. The molecule has 0 saturated carbocycles. The number of hydrogen-bond donors (Lipinski definition) is 0. The molecule has 0 N–H and O–H groups in total. The van der Waals surface area contributed by atoms with Crippen molar-refractivity contribution in [1.82, 2.24) is 19.3 Å². The van der Waals surface area contributed by atoms with Crippen molar-refractivity contribution in [3.63, 3.8) is 0 Å². The van der Waals surface area contributed by atoms with E-state index in [1.54, 1.807) is 43.0 Å². The van der Waals surface area contributed by atoms with Crippen molar-refractivity contribution in [2.24, 2.45) is 7.05 Å². The number of methoxy groups -OCH3 is 1. The minimum Gasteiger partial charge on any atom is -0.495 e. The molecule has 4 aromatic rings. The highest BCUT2D eigenvalue weighted by Gasteiger charge is 2.30. The number of hydrogen-bond acceptors (Lipinski definition) is 7. The van der Waals surface area contributed by atoms with E-state index in [0.29, 0.717) is 23.4 Å². The van der Waals surface area contributed by atoms with E-state index in [0.717, 1.165) is 6.07 Å². The van der Waals surface area contributed by atoms with Crippen molar-refractivity contribution >= 4 is 23.2 Å². The van der Waals surface area contributed by atoms with Gasteiger partial charge in [-0.15, -0.1) is 0 Å². The molecule has 1 aromatic carbocycles. The number of ketones is 2. The molecule has 0 saturated heterocycles. The first kappa shape index (κ1) is 31.5. The Morgan fingerprint density at radius 2 is 1.81 bits per heavy atom. The number of Topliss-reactive ketones (excluding diaryl/α,β-unsaturated/α-hetero) is 2. The van der Waals surface area contributed by atoms with Gasteiger partial charge in [-0.2, -0.15) is 18.3 Å². The number of rotatable bonds is 12.